The number of carbonyl (C=O) groups is 1. The van der Waals surface area contributed by atoms with Gasteiger partial charge in [-0.2, -0.15) is 0 Å². The molecule has 0 bridgehead atoms. The molecule has 0 atom stereocenters. The monoisotopic (exact) mass is 343 g/mol. The zero-order valence-corrected chi connectivity index (χ0v) is 12.9. The number of oxazole rings is 1. The lowest BCUT2D eigenvalue weighted by Crippen LogP contribution is -1.94. The Hall–Kier alpha value is -3.19. The molecule has 0 fully saturated rings. The normalized spacial score (nSPS) is 11.5. The van der Waals surface area contributed by atoms with Crippen molar-refractivity contribution in [1.29, 1.82) is 0 Å². The summed E-state index contributed by atoms with van der Waals surface area (Å²) in [6, 6.07) is 10.7. The number of nitro groups is 1. The fourth-order valence-electron chi connectivity index (χ4n) is 2.01. The highest BCUT2D eigenvalue weighted by molar-refractivity contribution is 6.31. The molecule has 3 aromatic rings. The van der Waals surface area contributed by atoms with E-state index < -0.39 is 4.92 Å². The first-order valence-corrected chi connectivity index (χ1v) is 7.17. The van der Waals surface area contributed by atoms with Gasteiger partial charge in [0.2, 0.25) is 5.89 Å². The lowest BCUT2D eigenvalue weighted by molar-refractivity contribution is -0.384. The first kappa shape index (κ1) is 15.7. The third-order valence-corrected chi connectivity index (χ3v) is 3.43. The molecule has 1 heterocycles. The van der Waals surface area contributed by atoms with E-state index in [1.165, 1.54) is 30.5 Å². The fourth-order valence-corrected chi connectivity index (χ4v) is 2.18. The molecule has 7 nitrogen and oxygen atoms in total. The number of halogens is 1. The summed E-state index contributed by atoms with van der Waals surface area (Å²) >= 11 is 5.89. The van der Waals surface area contributed by atoms with Crippen LogP contribution in [-0.4, -0.2) is 16.2 Å². The van der Waals surface area contributed by atoms with Gasteiger partial charge in [0.25, 0.3) is 5.69 Å². The van der Waals surface area contributed by atoms with Crippen LogP contribution in [0.5, 0.6) is 0 Å². The molecule has 2 aromatic carbocycles. The quantitative estimate of drug-likeness (QED) is 0.325. The molecule has 0 aliphatic carbocycles. The van der Waals surface area contributed by atoms with Crippen molar-refractivity contribution < 1.29 is 14.1 Å². The largest absolute Gasteiger partial charge is 0.436 e. The molecular weight excluding hydrogens is 334 g/mol. The molecule has 0 spiro atoms. The molecule has 24 heavy (non-hydrogen) atoms. The van der Waals surface area contributed by atoms with Crippen molar-refractivity contribution in [2.75, 3.05) is 5.32 Å². The van der Waals surface area contributed by atoms with Gasteiger partial charge in [-0.1, -0.05) is 11.6 Å². The van der Waals surface area contributed by atoms with E-state index in [4.69, 9.17) is 16.0 Å². The van der Waals surface area contributed by atoms with Crippen LogP contribution in [0.3, 0.4) is 0 Å². The van der Waals surface area contributed by atoms with E-state index >= 15 is 0 Å². The molecule has 120 valence electrons. The molecule has 0 saturated carbocycles. The van der Waals surface area contributed by atoms with Gasteiger partial charge in [-0.3, -0.25) is 14.9 Å². The molecule has 1 N–H and O–H groups in total. The van der Waals surface area contributed by atoms with Crippen LogP contribution in [0.4, 0.5) is 11.4 Å². The molecule has 0 saturated heterocycles. The van der Waals surface area contributed by atoms with Gasteiger partial charge in [-0.25, -0.2) is 4.98 Å². The van der Waals surface area contributed by atoms with Crippen LogP contribution in [-0.2, 0) is 4.79 Å². The Morgan fingerprint density at radius 1 is 1.25 bits per heavy atom. The molecule has 0 amide bonds. The van der Waals surface area contributed by atoms with E-state index in [2.05, 4.69) is 10.3 Å². The minimum atomic E-state index is -0.486. The van der Waals surface area contributed by atoms with Crippen molar-refractivity contribution in [3.63, 3.8) is 0 Å². The van der Waals surface area contributed by atoms with E-state index in [0.29, 0.717) is 28.1 Å². The Labute approximate surface area is 140 Å². The van der Waals surface area contributed by atoms with E-state index in [-0.39, 0.29) is 17.2 Å². The minimum absolute atomic E-state index is 0.0176. The number of nitro benzene ring substituents is 1. The Morgan fingerprint density at radius 2 is 2.00 bits per heavy atom. The second kappa shape index (κ2) is 6.51. The van der Waals surface area contributed by atoms with Gasteiger partial charge in [0.15, 0.2) is 11.9 Å². The Morgan fingerprint density at radius 3 is 2.67 bits per heavy atom. The number of hydrogen-bond donors (Lipinski definition) is 1. The van der Waals surface area contributed by atoms with E-state index in [1.807, 2.05) is 0 Å². The number of anilines is 1. The van der Waals surface area contributed by atoms with Crippen LogP contribution in [0, 0.1) is 10.1 Å². The number of hydrogen-bond acceptors (Lipinski definition) is 6. The Balaban J connectivity index is 1.85. The SMILES string of the molecule is O=CC(=CNc1ccc([N+](=O)[O-])cc1)c1nc2cc(Cl)ccc2o1. The van der Waals surface area contributed by atoms with Crippen molar-refractivity contribution in [2.45, 2.75) is 0 Å². The van der Waals surface area contributed by atoms with Crippen molar-refractivity contribution in [1.82, 2.24) is 4.98 Å². The van der Waals surface area contributed by atoms with Crippen LogP contribution < -0.4 is 5.32 Å². The maximum atomic E-state index is 11.3. The summed E-state index contributed by atoms with van der Waals surface area (Å²) in [5.41, 5.74) is 1.81. The third-order valence-electron chi connectivity index (χ3n) is 3.20. The Kier molecular flexibility index (Phi) is 4.26. The fraction of sp³-hybridized carbons (Fsp3) is 0. The number of fused-ring (bicyclic) bond motifs is 1. The van der Waals surface area contributed by atoms with E-state index in [9.17, 15) is 14.9 Å². The number of non-ortho nitro benzene ring substituents is 1. The second-order valence-corrected chi connectivity index (χ2v) is 5.23. The Bertz CT molecular complexity index is 948. The average molecular weight is 344 g/mol. The molecule has 0 aliphatic rings. The van der Waals surface area contributed by atoms with Crippen LogP contribution in [0.1, 0.15) is 5.89 Å². The standard InChI is InChI=1S/C16H10ClN3O4/c17-11-1-6-15-14(7-11)19-16(24-15)10(9-21)8-18-12-2-4-13(5-3-12)20(22)23/h1-9,18H. The summed E-state index contributed by atoms with van der Waals surface area (Å²) in [5.74, 6) is 0.150. The number of rotatable bonds is 5. The zero-order chi connectivity index (χ0) is 17.1. The van der Waals surface area contributed by atoms with Crippen LogP contribution in [0.2, 0.25) is 5.02 Å². The molecule has 0 aliphatic heterocycles. The molecule has 8 heteroatoms. The lowest BCUT2D eigenvalue weighted by atomic mass is 10.2. The highest BCUT2D eigenvalue weighted by Gasteiger charge is 2.11. The molecule has 3 rings (SSSR count). The van der Waals surface area contributed by atoms with Gasteiger partial charge in [-0.05, 0) is 30.3 Å². The van der Waals surface area contributed by atoms with Crippen molar-refractivity contribution in [2.24, 2.45) is 0 Å². The lowest BCUT2D eigenvalue weighted by Gasteiger charge is -2.01. The first-order valence-electron chi connectivity index (χ1n) is 6.79. The van der Waals surface area contributed by atoms with Gasteiger partial charge >= 0.3 is 0 Å². The number of benzene rings is 2. The minimum Gasteiger partial charge on any atom is -0.436 e. The number of carbonyl (C=O) groups excluding carboxylic acids is 1. The highest BCUT2D eigenvalue weighted by Crippen LogP contribution is 2.23. The van der Waals surface area contributed by atoms with Crippen molar-refractivity contribution >= 4 is 45.9 Å². The van der Waals surface area contributed by atoms with Gasteiger partial charge in [0.1, 0.15) is 5.52 Å². The van der Waals surface area contributed by atoms with Crippen LogP contribution in [0.15, 0.2) is 53.1 Å². The smallest absolute Gasteiger partial charge is 0.269 e. The predicted octanol–water partition coefficient (Wildman–Crippen LogP) is 4.04. The van der Waals surface area contributed by atoms with E-state index in [0.717, 1.165) is 0 Å². The number of aromatic nitrogens is 1. The van der Waals surface area contributed by atoms with Gasteiger partial charge in [0.05, 0.1) is 10.5 Å². The van der Waals surface area contributed by atoms with Crippen LogP contribution >= 0.6 is 11.6 Å². The van der Waals surface area contributed by atoms with Gasteiger partial charge < -0.3 is 9.73 Å². The third kappa shape index (κ3) is 3.26. The number of aldehydes is 1. The number of nitrogens with one attached hydrogen (secondary N) is 1. The number of allylic oxidation sites excluding steroid dienone is 1. The summed E-state index contributed by atoms with van der Waals surface area (Å²) in [4.78, 5) is 25.6. The maximum absolute atomic E-state index is 11.3. The molecule has 1 aromatic heterocycles. The highest BCUT2D eigenvalue weighted by atomic mass is 35.5. The summed E-state index contributed by atoms with van der Waals surface area (Å²) in [5, 5.41) is 14.0. The zero-order valence-electron chi connectivity index (χ0n) is 12.1. The summed E-state index contributed by atoms with van der Waals surface area (Å²) in [7, 11) is 0. The topological polar surface area (TPSA) is 98.3 Å². The summed E-state index contributed by atoms with van der Waals surface area (Å²) < 4.78 is 5.52. The molecule has 0 radical (unpaired) electrons. The number of nitrogens with zero attached hydrogens (tertiary/aromatic N) is 2. The van der Waals surface area contributed by atoms with Gasteiger partial charge in [-0.15, -0.1) is 0 Å². The first-order chi connectivity index (χ1) is 11.6. The van der Waals surface area contributed by atoms with Crippen LogP contribution in [0.25, 0.3) is 16.7 Å². The van der Waals surface area contributed by atoms with Gasteiger partial charge in [0, 0.05) is 29.0 Å². The molecular formula is C16H10ClN3O4. The average Bonchev–Trinajstić information content (AvgIpc) is 2.98. The van der Waals surface area contributed by atoms with Crippen molar-refractivity contribution in [3.8, 4) is 0 Å². The predicted molar refractivity (Wildman–Crippen MR) is 89.8 cm³/mol. The second-order valence-electron chi connectivity index (χ2n) is 4.80. The summed E-state index contributed by atoms with van der Waals surface area (Å²) in [6.07, 6.45) is 2.02. The maximum Gasteiger partial charge on any atom is 0.269 e. The van der Waals surface area contributed by atoms with E-state index in [1.54, 1.807) is 18.2 Å². The summed E-state index contributed by atoms with van der Waals surface area (Å²) in [6.45, 7) is 0. The molecule has 0 unspecified atom stereocenters. The van der Waals surface area contributed by atoms with Crippen molar-refractivity contribution in [3.05, 3.63) is 69.7 Å².